The van der Waals surface area contributed by atoms with Crippen molar-refractivity contribution in [3.63, 3.8) is 0 Å². The van der Waals surface area contributed by atoms with Crippen LogP contribution in [0.1, 0.15) is 20.8 Å². The zero-order valence-corrected chi connectivity index (χ0v) is 12.7. The zero-order chi connectivity index (χ0) is 14.2. The van der Waals surface area contributed by atoms with E-state index in [1.165, 1.54) is 0 Å². The minimum atomic E-state index is -0.253. The normalized spacial score (nSPS) is 11.3. The van der Waals surface area contributed by atoms with E-state index in [0.717, 1.165) is 10.0 Å². The Labute approximate surface area is 121 Å². The van der Waals surface area contributed by atoms with Gasteiger partial charge >= 0.3 is 0 Å². The lowest BCUT2D eigenvalue weighted by Gasteiger charge is -2.21. The largest absolute Gasteiger partial charge is 0.393 e. The Balaban J connectivity index is 2.65. The molecule has 1 aromatic heterocycles. The van der Waals surface area contributed by atoms with Crippen LogP contribution in [0.5, 0.6) is 0 Å². The molecule has 1 heterocycles. The van der Waals surface area contributed by atoms with E-state index in [0.29, 0.717) is 17.2 Å². The molecule has 2 N–H and O–H groups in total. The molecule has 98 valence electrons. The third-order valence-corrected chi connectivity index (χ3v) is 3.29. The van der Waals surface area contributed by atoms with Gasteiger partial charge in [0.05, 0.1) is 12.1 Å². The fraction of sp³-hybridized carbons (Fsp3) is 0.286. The van der Waals surface area contributed by atoms with Crippen LogP contribution in [0, 0.1) is 6.57 Å². The van der Waals surface area contributed by atoms with Crippen LogP contribution in [-0.4, -0.2) is 9.78 Å². The van der Waals surface area contributed by atoms with Gasteiger partial charge in [-0.15, -0.1) is 0 Å². The first-order valence-corrected chi connectivity index (χ1v) is 6.66. The maximum Gasteiger partial charge on any atom is 0.254 e. The maximum absolute atomic E-state index is 7.32. The van der Waals surface area contributed by atoms with Crippen molar-refractivity contribution in [1.82, 2.24) is 9.78 Å². The van der Waals surface area contributed by atoms with Crippen LogP contribution < -0.4 is 5.73 Å². The summed E-state index contributed by atoms with van der Waals surface area (Å²) in [7, 11) is 0. The summed E-state index contributed by atoms with van der Waals surface area (Å²) in [4.78, 5) is 3.53. The molecule has 0 aliphatic rings. The van der Waals surface area contributed by atoms with Gasteiger partial charge < -0.3 is 5.73 Å². The number of benzene rings is 1. The quantitative estimate of drug-likeness (QED) is 0.801. The molecule has 19 heavy (non-hydrogen) atoms. The molecule has 2 aromatic rings. The van der Waals surface area contributed by atoms with Crippen LogP contribution in [-0.2, 0) is 5.54 Å². The average Bonchev–Trinajstić information content (AvgIpc) is 2.67. The van der Waals surface area contributed by atoms with E-state index >= 15 is 0 Å². The van der Waals surface area contributed by atoms with E-state index < -0.39 is 0 Å². The first-order valence-electron chi connectivity index (χ1n) is 5.87. The number of nitrogen functional groups attached to an aromatic ring is 1. The highest BCUT2D eigenvalue weighted by Crippen LogP contribution is 2.37. The Hall–Kier alpha value is -1.80. The summed E-state index contributed by atoms with van der Waals surface area (Å²) in [5.74, 6) is 0.417. The predicted octanol–water partition coefficient (Wildman–Crippen LogP) is 4.20. The van der Waals surface area contributed by atoms with Crippen molar-refractivity contribution in [3.8, 4) is 11.3 Å². The van der Waals surface area contributed by atoms with E-state index in [1.54, 1.807) is 4.68 Å². The first-order chi connectivity index (χ1) is 8.84. The third kappa shape index (κ3) is 2.49. The monoisotopic (exact) mass is 318 g/mol. The van der Waals surface area contributed by atoms with E-state index in [4.69, 9.17) is 12.3 Å². The Morgan fingerprint density at radius 3 is 2.32 bits per heavy atom. The molecular formula is C14H15BrN4. The number of nitrogens with zero attached hydrogens (tertiary/aromatic N) is 3. The molecule has 0 aliphatic heterocycles. The smallest absolute Gasteiger partial charge is 0.254 e. The van der Waals surface area contributed by atoms with Crippen LogP contribution in [0.3, 0.4) is 0 Å². The highest BCUT2D eigenvalue weighted by atomic mass is 79.9. The minimum Gasteiger partial charge on any atom is -0.393 e. The fourth-order valence-electron chi connectivity index (χ4n) is 1.85. The van der Waals surface area contributed by atoms with Gasteiger partial charge in [0.1, 0.15) is 11.5 Å². The maximum atomic E-state index is 7.32. The molecule has 0 saturated heterocycles. The molecule has 0 bridgehead atoms. The van der Waals surface area contributed by atoms with Gasteiger partial charge in [0.25, 0.3) is 5.69 Å². The Morgan fingerprint density at radius 2 is 1.84 bits per heavy atom. The fourth-order valence-corrected chi connectivity index (χ4v) is 2.11. The van der Waals surface area contributed by atoms with Gasteiger partial charge in [-0.25, -0.2) is 4.85 Å². The van der Waals surface area contributed by atoms with Gasteiger partial charge in [-0.3, -0.25) is 4.68 Å². The molecule has 0 fully saturated rings. The number of hydrogen-bond donors (Lipinski definition) is 1. The van der Waals surface area contributed by atoms with E-state index in [9.17, 15) is 0 Å². The topological polar surface area (TPSA) is 48.2 Å². The molecule has 2 rings (SSSR count). The lowest BCUT2D eigenvalue weighted by Crippen LogP contribution is -2.24. The zero-order valence-electron chi connectivity index (χ0n) is 11.1. The van der Waals surface area contributed by atoms with Crippen LogP contribution in [0.25, 0.3) is 16.1 Å². The van der Waals surface area contributed by atoms with Gasteiger partial charge in [-0.1, -0.05) is 28.1 Å². The van der Waals surface area contributed by atoms with Gasteiger partial charge in [-0.2, -0.15) is 5.10 Å². The molecule has 5 heteroatoms. The minimum absolute atomic E-state index is 0.253. The summed E-state index contributed by atoms with van der Waals surface area (Å²) in [6.45, 7) is 13.3. The van der Waals surface area contributed by atoms with E-state index in [1.807, 2.05) is 45.0 Å². The number of halogens is 1. The Bertz CT molecular complexity index is 642. The number of anilines is 1. The van der Waals surface area contributed by atoms with Gasteiger partial charge in [0.15, 0.2) is 0 Å². The van der Waals surface area contributed by atoms with Crippen molar-refractivity contribution in [3.05, 3.63) is 40.2 Å². The van der Waals surface area contributed by atoms with Crippen molar-refractivity contribution in [1.29, 1.82) is 0 Å². The molecule has 0 radical (unpaired) electrons. The molecule has 4 nitrogen and oxygen atoms in total. The van der Waals surface area contributed by atoms with E-state index in [2.05, 4.69) is 25.9 Å². The van der Waals surface area contributed by atoms with Crippen molar-refractivity contribution in [2.24, 2.45) is 0 Å². The van der Waals surface area contributed by atoms with Crippen LogP contribution >= 0.6 is 15.9 Å². The standard InChI is InChI=1S/C14H15BrN4/c1-14(2,3)19-13(16)12(17-4)11(18-19)9-5-7-10(15)8-6-9/h5-8H,16H2,1-3H3. The molecule has 0 unspecified atom stereocenters. The lowest BCUT2D eigenvalue weighted by molar-refractivity contribution is 0.362. The second-order valence-corrected chi connectivity index (χ2v) is 6.20. The van der Waals surface area contributed by atoms with Gasteiger partial charge in [0, 0.05) is 4.47 Å². The third-order valence-electron chi connectivity index (χ3n) is 2.76. The SMILES string of the molecule is [C-]#[N+]c1c(-c2ccc(Br)cc2)nn(C(C)(C)C)c1N. The molecule has 0 saturated carbocycles. The summed E-state index contributed by atoms with van der Waals surface area (Å²) in [6.07, 6.45) is 0. The van der Waals surface area contributed by atoms with Crippen molar-refractivity contribution in [2.75, 3.05) is 5.73 Å². The summed E-state index contributed by atoms with van der Waals surface area (Å²) < 4.78 is 2.70. The average molecular weight is 319 g/mol. The molecule has 0 amide bonds. The second kappa shape index (κ2) is 4.71. The number of hydrogen-bond acceptors (Lipinski definition) is 2. The summed E-state index contributed by atoms with van der Waals surface area (Å²) in [6, 6.07) is 7.70. The van der Waals surface area contributed by atoms with Crippen LogP contribution in [0.4, 0.5) is 11.5 Å². The lowest BCUT2D eigenvalue weighted by atomic mass is 10.1. The van der Waals surface area contributed by atoms with E-state index in [-0.39, 0.29) is 5.54 Å². The molecule has 1 aromatic carbocycles. The summed E-state index contributed by atoms with van der Waals surface area (Å²) in [5.41, 5.74) is 7.73. The number of aromatic nitrogens is 2. The van der Waals surface area contributed by atoms with Crippen LogP contribution in [0.15, 0.2) is 28.7 Å². The molecule has 0 atom stereocenters. The van der Waals surface area contributed by atoms with Crippen molar-refractivity contribution >= 4 is 27.4 Å². The highest BCUT2D eigenvalue weighted by molar-refractivity contribution is 9.10. The number of rotatable bonds is 1. The molecular weight excluding hydrogens is 304 g/mol. The predicted molar refractivity (Wildman–Crippen MR) is 81.0 cm³/mol. The first kappa shape index (κ1) is 13.6. The van der Waals surface area contributed by atoms with Crippen molar-refractivity contribution in [2.45, 2.75) is 26.3 Å². The Kier molecular flexibility index (Phi) is 3.38. The summed E-state index contributed by atoms with van der Waals surface area (Å²) >= 11 is 3.39. The molecule has 0 spiro atoms. The summed E-state index contributed by atoms with van der Waals surface area (Å²) in [5, 5.41) is 4.51. The van der Waals surface area contributed by atoms with Gasteiger partial charge in [0.2, 0.25) is 0 Å². The molecule has 0 aliphatic carbocycles. The van der Waals surface area contributed by atoms with Gasteiger partial charge in [-0.05, 0) is 38.5 Å². The second-order valence-electron chi connectivity index (χ2n) is 5.28. The Morgan fingerprint density at radius 1 is 1.26 bits per heavy atom. The highest BCUT2D eigenvalue weighted by Gasteiger charge is 2.24. The van der Waals surface area contributed by atoms with Crippen molar-refractivity contribution < 1.29 is 0 Å². The van der Waals surface area contributed by atoms with Crippen LogP contribution in [0.2, 0.25) is 0 Å². The number of nitrogens with two attached hydrogens (primary N) is 1.